The summed E-state index contributed by atoms with van der Waals surface area (Å²) in [6, 6.07) is 2.60. The van der Waals surface area contributed by atoms with Crippen LogP contribution < -0.4 is 5.32 Å². The lowest BCUT2D eigenvalue weighted by Gasteiger charge is -2.12. The van der Waals surface area contributed by atoms with Gasteiger partial charge in [-0.25, -0.2) is 9.78 Å². The summed E-state index contributed by atoms with van der Waals surface area (Å²) in [5.74, 6) is -0.809. The zero-order valence-corrected chi connectivity index (χ0v) is 11.2. The number of carbonyl (C=O) groups is 2. The summed E-state index contributed by atoms with van der Waals surface area (Å²) >= 11 is 3.17. The number of esters is 1. The second-order valence-electron chi connectivity index (χ2n) is 3.32. The summed E-state index contributed by atoms with van der Waals surface area (Å²) in [5, 5.41) is 2.53. The minimum absolute atomic E-state index is 0.291. The average Bonchev–Trinajstić information content (AvgIpc) is 2.30. The molecule has 1 aromatic heterocycles. The fourth-order valence-electron chi connectivity index (χ4n) is 1.12. The molecule has 6 heteroatoms. The normalized spacial score (nSPS) is 11.7. The van der Waals surface area contributed by atoms with E-state index in [4.69, 9.17) is 4.74 Å². The van der Waals surface area contributed by atoms with Gasteiger partial charge in [0, 0.05) is 6.20 Å². The molecule has 17 heavy (non-hydrogen) atoms. The number of aromatic nitrogens is 1. The predicted molar refractivity (Wildman–Crippen MR) is 65.5 cm³/mol. The fraction of sp³-hybridized carbons (Fsp3) is 0.364. The van der Waals surface area contributed by atoms with Gasteiger partial charge >= 0.3 is 5.97 Å². The third kappa shape index (κ3) is 4.14. The van der Waals surface area contributed by atoms with Gasteiger partial charge in [-0.3, -0.25) is 4.79 Å². The Morgan fingerprint density at radius 3 is 2.76 bits per heavy atom. The number of rotatable bonds is 4. The third-order valence-electron chi connectivity index (χ3n) is 1.98. The van der Waals surface area contributed by atoms with Crippen molar-refractivity contribution in [3.63, 3.8) is 0 Å². The largest absolute Gasteiger partial charge is 0.464 e. The van der Waals surface area contributed by atoms with Gasteiger partial charge in [-0.2, -0.15) is 0 Å². The van der Waals surface area contributed by atoms with Crippen molar-refractivity contribution in [3.8, 4) is 0 Å². The Labute approximate surface area is 108 Å². The Hall–Kier alpha value is -1.43. The van der Waals surface area contributed by atoms with Crippen LogP contribution in [0.3, 0.4) is 0 Å². The number of nitrogens with zero attached hydrogens (tertiary/aromatic N) is 1. The lowest BCUT2D eigenvalue weighted by atomic mass is 10.2. The Kier molecular flexibility index (Phi) is 5.09. The van der Waals surface area contributed by atoms with E-state index in [1.807, 2.05) is 0 Å². The molecule has 0 aromatic carbocycles. The van der Waals surface area contributed by atoms with E-state index < -0.39 is 12.0 Å². The fourth-order valence-corrected chi connectivity index (χ4v) is 1.35. The number of halogens is 1. The minimum Gasteiger partial charge on any atom is -0.464 e. The van der Waals surface area contributed by atoms with Crippen LogP contribution in [0.4, 0.5) is 0 Å². The highest BCUT2D eigenvalue weighted by Crippen LogP contribution is 2.06. The molecule has 0 bridgehead atoms. The summed E-state index contributed by atoms with van der Waals surface area (Å²) in [5.41, 5.74) is 0.393. The zero-order valence-electron chi connectivity index (χ0n) is 9.57. The van der Waals surface area contributed by atoms with Crippen LogP contribution in [0.2, 0.25) is 0 Å². The lowest BCUT2D eigenvalue weighted by Crippen LogP contribution is -2.39. The molecule has 5 nitrogen and oxygen atoms in total. The number of pyridine rings is 1. The number of hydrogen-bond donors (Lipinski definition) is 1. The molecule has 1 aromatic rings. The summed E-state index contributed by atoms with van der Waals surface area (Å²) in [6.45, 7) is 3.58. The molecule has 1 heterocycles. The highest BCUT2D eigenvalue weighted by Gasteiger charge is 2.17. The Balaban J connectivity index is 2.60. The smallest absolute Gasteiger partial charge is 0.328 e. The zero-order chi connectivity index (χ0) is 12.8. The monoisotopic (exact) mass is 300 g/mol. The molecule has 1 atom stereocenters. The lowest BCUT2D eigenvalue weighted by molar-refractivity contribution is -0.144. The van der Waals surface area contributed by atoms with Crippen LogP contribution in [0, 0.1) is 0 Å². The van der Waals surface area contributed by atoms with Crippen LogP contribution in [0.15, 0.2) is 22.9 Å². The van der Waals surface area contributed by atoms with E-state index in [1.54, 1.807) is 26.0 Å². The molecule has 1 amide bonds. The Morgan fingerprint density at radius 1 is 1.53 bits per heavy atom. The van der Waals surface area contributed by atoms with Gasteiger partial charge in [-0.15, -0.1) is 0 Å². The third-order valence-corrected chi connectivity index (χ3v) is 2.45. The number of nitrogens with one attached hydrogen (secondary N) is 1. The van der Waals surface area contributed by atoms with Crippen LogP contribution in [0.5, 0.6) is 0 Å². The van der Waals surface area contributed by atoms with Gasteiger partial charge in [-0.1, -0.05) is 0 Å². The molecule has 0 aliphatic carbocycles. The van der Waals surface area contributed by atoms with E-state index in [0.29, 0.717) is 16.8 Å². The summed E-state index contributed by atoms with van der Waals surface area (Å²) < 4.78 is 5.43. The molecule has 0 spiro atoms. The van der Waals surface area contributed by atoms with E-state index in [1.165, 1.54) is 6.20 Å². The molecule has 0 saturated heterocycles. The van der Waals surface area contributed by atoms with Gasteiger partial charge in [0.05, 0.1) is 12.2 Å². The minimum atomic E-state index is -0.675. The maximum atomic E-state index is 11.7. The van der Waals surface area contributed by atoms with Crippen LogP contribution in [-0.4, -0.2) is 29.5 Å². The topological polar surface area (TPSA) is 68.3 Å². The Morgan fingerprint density at radius 2 is 2.24 bits per heavy atom. The maximum Gasteiger partial charge on any atom is 0.328 e. The van der Waals surface area contributed by atoms with Crippen molar-refractivity contribution in [2.45, 2.75) is 19.9 Å². The van der Waals surface area contributed by atoms with Crippen molar-refractivity contribution in [1.82, 2.24) is 10.3 Å². The second kappa shape index (κ2) is 6.34. The number of amides is 1. The van der Waals surface area contributed by atoms with Gasteiger partial charge in [0.1, 0.15) is 10.6 Å². The molecule has 92 valence electrons. The molecule has 0 aliphatic heterocycles. The SMILES string of the molecule is CCOC(=O)C(C)NC(=O)c1ccc(Br)nc1. The predicted octanol–water partition coefficient (Wildman–Crippen LogP) is 1.53. The molecular formula is C11H13BrN2O3. The highest BCUT2D eigenvalue weighted by atomic mass is 79.9. The van der Waals surface area contributed by atoms with Crippen molar-refractivity contribution in [3.05, 3.63) is 28.5 Å². The quantitative estimate of drug-likeness (QED) is 0.676. The molecule has 1 rings (SSSR count). The first-order valence-corrected chi connectivity index (χ1v) is 5.93. The van der Waals surface area contributed by atoms with E-state index in [0.717, 1.165) is 0 Å². The van der Waals surface area contributed by atoms with Crippen molar-refractivity contribution in [1.29, 1.82) is 0 Å². The molecule has 0 saturated carbocycles. The van der Waals surface area contributed by atoms with E-state index in [-0.39, 0.29) is 5.91 Å². The highest BCUT2D eigenvalue weighted by molar-refractivity contribution is 9.10. The molecular weight excluding hydrogens is 288 g/mol. The number of ether oxygens (including phenoxy) is 1. The van der Waals surface area contributed by atoms with Crippen LogP contribution in [0.25, 0.3) is 0 Å². The van der Waals surface area contributed by atoms with Crippen molar-refractivity contribution in [2.75, 3.05) is 6.61 Å². The van der Waals surface area contributed by atoms with Crippen molar-refractivity contribution < 1.29 is 14.3 Å². The van der Waals surface area contributed by atoms with Gasteiger partial charge < -0.3 is 10.1 Å². The summed E-state index contributed by atoms with van der Waals surface area (Å²) in [7, 11) is 0. The standard InChI is InChI=1S/C11H13BrN2O3/c1-3-17-11(16)7(2)14-10(15)8-4-5-9(12)13-6-8/h4-7H,3H2,1-2H3,(H,14,15). The first-order valence-electron chi connectivity index (χ1n) is 5.13. The van der Waals surface area contributed by atoms with Gasteiger partial charge in [0.2, 0.25) is 0 Å². The average molecular weight is 301 g/mol. The van der Waals surface area contributed by atoms with Crippen LogP contribution in [0.1, 0.15) is 24.2 Å². The molecule has 1 N–H and O–H groups in total. The van der Waals surface area contributed by atoms with Crippen molar-refractivity contribution >= 4 is 27.8 Å². The van der Waals surface area contributed by atoms with Gasteiger partial charge in [0.15, 0.2) is 0 Å². The van der Waals surface area contributed by atoms with Crippen molar-refractivity contribution in [2.24, 2.45) is 0 Å². The molecule has 0 fully saturated rings. The number of hydrogen-bond acceptors (Lipinski definition) is 4. The van der Waals surface area contributed by atoms with E-state index in [2.05, 4.69) is 26.2 Å². The van der Waals surface area contributed by atoms with Gasteiger partial charge in [0.25, 0.3) is 5.91 Å². The maximum absolute atomic E-state index is 11.7. The molecule has 0 aliphatic rings. The summed E-state index contributed by atoms with van der Waals surface area (Å²) in [6.07, 6.45) is 1.43. The van der Waals surface area contributed by atoms with E-state index >= 15 is 0 Å². The van der Waals surface area contributed by atoms with Crippen LogP contribution in [-0.2, 0) is 9.53 Å². The summed E-state index contributed by atoms with van der Waals surface area (Å²) in [4.78, 5) is 26.9. The second-order valence-corrected chi connectivity index (χ2v) is 4.13. The first kappa shape index (κ1) is 13.6. The first-order chi connectivity index (χ1) is 8.04. The van der Waals surface area contributed by atoms with Gasteiger partial charge in [-0.05, 0) is 41.9 Å². The molecule has 0 radical (unpaired) electrons. The van der Waals surface area contributed by atoms with E-state index in [9.17, 15) is 9.59 Å². The van der Waals surface area contributed by atoms with Crippen LogP contribution >= 0.6 is 15.9 Å². The Bertz CT molecular complexity index is 406. The molecule has 1 unspecified atom stereocenters. The number of carbonyl (C=O) groups excluding carboxylic acids is 2.